The minimum absolute atomic E-state index is 0.201. The topological polar surface area (TPSA) is 40.9 Å². The van der Waals surface area contributed by atoms with Crippen LogP contribution in [0.4, 0.5) is 0 Å². The van der Waals surface area contributed by atoms with Gasteiger partial charge in [0, 0.05) is 18.4 Å². The average molecular weight is 201 g/mol. The van der Waals surface area contributed by atoms with E-state index < -0.39 is 0 Å². The summed E-state index contributed by atoms with van der Waals surface area (Å²) in [6.07, 6.45) is 3.94. The molecule has 0 aromatic heterocycles. The van der Waals surface area contributed by atoms with Crippen molar-refractivity contribution in [3.05, 3.63) is 35.9 Å². The van der Waals surface area contributed by atoms with Crippen LogP contribution in [0.5, 0.6) is 0 Å². The maximum absolute atomic E-state index is 11.6. The number of carbonyl (C=O) groups excluding carboxylic acids is 1. The fourth-order valence-corrected chi connectivity index (χ4v) is 1.43. The maximum atomic E-state index is 11.6. The van der Waals surface area contributed by atoms with Crippen LogP contribution in [0.15, 0.2) is 30.3 Å². The van der Waals surface area contributed by atoms with Gasteiger partial charge in [-0.15, -0.1) is 0 Å². The zero-order valence-electron chi connectivity index (χ0n) is 8.78. The number of hydrogen-bond donors (Lipinski definition) is 0. The van der Waals surface area contributed by atoms with Gasteiger partial charge in [0.2, 0.25) is 0 Å². The predicted molar refractivity (Wildman–Crippen MR) is 59.5 cm³/mol. The lowest BCUT2D eigenvalue weighted by Gasteiger charge is -1.99. The van der Waals surface area contributed by atoms with Crippen LogP contribution in [0.2, 0.25) is 0 Å². The molecule has 0 aliphatic rings. The SMILES string of the molecule is N#CCCCCCC(=O)c1ccccc1. The summed E-state index contributed by atoms with van der Waals surface area (Å²) in [6, 6.07) is 11.5. The van der Waals surface area contributed by atoms with Gasteiger partial charge < -0.3 is 0 Å². The van der Waals surface area contributed by atoms with Crippen molar-refractivity contribution in [3.8, 4) is 6.07 Å². The second kappa shape index (κ2) is 6.78. The molecule has 0 atom stereocenters. The summed E-state index contributed by atoms with van der Waals surface area (Å²) in [6.45, 7) is 0. The molecule has 15 heavy (non-hydrogen) atoms. The van der Waals surface area contributed by atoms with E-state index in [0.717, 1.165) is 24.8 Å². The van der Waals surface area contributed by atoms with Crippen LogP contribution in [-0.2, 0) is 0 Å². The first-order chi connectivity index (χ1) is 7.34. The molecule has 0 aliphatic carbocycles. The number of ketones is 1. The molecule has 0 saturated carbocycles. The van der Waals surface area contributed by atoms with Gasteiger partial charge in [-0.05, 0) is 12.8 Å². The van der Waals surface area contributed by atoms with E-state index in [1.807, 2.05) is 30.3 Å². The van der Waals surface area contributed by atoms with Gasteiger partial charge in [-0.1, -0.05) is 36.8 Å². The second-order valence-corrected chi connectivity index (χ2v) is 3.51. The van der Waals surface area contributed by atoms with Crippen molar-refractivity contribution >= 4 is 5.78 Å². The molecule has 0 N–H and O–H groups in total. The Bertz CT molecular complexity index is 337. The molecule has 0 fully saturated rings. The summed E-state index contributed by atoms with van der Waals surface area (Å²) >= 11 is 0. The Hall–Kier alpha value is -1.62. The van der Waals surface area contributed by atoms with Crippen molar-refractivity contribution < 1.29 is 4.79 Å². The lowest BCUT2D eigenvalue weighted by atomic mass is 10.0. The molecule has 1 aromatic rings. The molecule has 1 aromatic carbocycles. The standard InChI is InChI=1S/C13H15NO/c14-11-7-2-1-6-10-13(15)12-8-4-3-5-9-12/h3-5,8-9H,1-2,6-7,10H2. The van der Waals surface area contributed by atoms with Gasteiger partial charge >= 0.3 is 0 Å². The number of rotatable bonds is 6. The van der Waals surface area contributed by atoms with Gasteiger partial charge in [-0.25, -0.2) is 0 Å². The summed E-state index contributed by atoms with van der Waals surface area (Å²) in [7, 11) is 0. The van der Waals surface area contributed by atoms with E-state index in [4.69, 9.17) is 5.26 Å². The minimum atomic E-state index is 0.201. The highest BCUT2D eigenvalue weighted by molar-refractivity contribution is 5.95. The first kappa shape index (κ1) is 11.5. The molecule has 78 valence electrons. The summed E-state index contributed by atoms with van der Waals surface area (Å²) in [5, 5.41) is 8.34. The zero-order valence-corrected chi connectivity index (χ0v) is 8.78. The summed E-state index contributed by atoms with van der Waals surface area (Å²) in [5.41, 5.74) is 0.790. The van der Waals surface area contributed by atoms with Crippen LogP contribution in [0.25, 0.3) is 0 Å². The Kier molecular flexibility index (Phi) is 5.18. The summed E-state index contributed by atoms with van der Waals surface area (Å²) < 4.78 is 0. The molecule has 0 spiro atoms. The fourth-order valence-electron chi connectivity index (χ4n) is 1.43. The molecule has 0 heterocycles. The minimum Gasteiger partial charge on any atom is -0.294 e. The van der Waals surface area contributed by atoms with E-state index in [1.54, 1.807) is 0 Å². The van der Waals surface area contributed by atoms with Gasteiger partial charge in [0.25, 0.3) is 0 Å². The van der Waals surface area contributed by atoms with Crippen LogP contribution >= 0.6 is 0 Å². The van der Waals surface area contributed by atoms with Crippen molar-refractivity contribution in [1.29, 1.82) is 5.26 Å². The van der Waals surface area contributed by atoms with Crippen LogP contribution in [-0.4, -0.2) is 5.78 Å². The normalized spacial score (nSPS) is 9.53. The summed E-state index contributed by atoms with van der Waals surface area (Å²) in [5.74, 6) is 0.201. The molecule has 2 nitrogen and oxygen atoms in total. The molecule has 2 heteroatoms. The summed E-state index contributed by atoms with van der Waals surface area (Å²) in [4.78, 5) is 11.6. The van der Waals surface area contributed by atoms with Crippen LogP contribution in [0, 0.1) is 11.3 Å². The Morgan fingerprint density at radius 1 is 1.13 bits per heavy atom. The van der Waals surface area contributed by atoms with Gasteiger partial charge in [0.15, 0.2) is 5.78 Å². The monoisotopic (exact) mass is 201 g/mol. The van der Waals surface area contributed by atoms with E-state index in [2.05, 4.69) is 6.07 Å². The van der Waals surface area contributed by atoms with Crippen molar-refractivity contribution in [3.63, 3.8) is 0 Å². The number of nitriles is 1. The number of nitrogens with zero attached hydrogens (tertiary/aromatic N) is 1. The molecule has 1 rings (SSSR count). The fraction of sp³-hybridized carbons (Fsp3) is 0.385. The van der Waals surface area contributed by atoms with Gasteiger partial charge in [-0.2, -0.15) is 5.26 Å². The smallest absolute Gasteiger partial charge is 0.162 e. The molecular weight excluding hydrogens is 186 g/mol. The largest absolute Gasteiger partial charge is 0.294 e. The maximum Gasteiger partial charge on any atom is 0.162 e. The molecule has 0 radical (unpaired) electrons. The highest BCUT2D eigenvalue weighted by Gasteiger charge is 2.03. The number of hydrogen-bond acceptors (Lipinski definition) is 2. The lowest BCUT2D eigenvalue weighted by Crippen LogP contribution is -1.98. The van der Waals surface area contributed by atoms with Crippen LogP contribution in [0.1, 0.15) is 42.5 Å². The van der Waals surface area contributed by atoms with E-state index in [0.29, 0.717) is 12.8 Å². The van der Waals surface area contributed by atoms with Gasteiger partial charge in [0.1, 0.15) is 0 Å². The Balaban J connectivity index is 2.23. The van der Waals surface area contributed by atoms with Crippen molar-refractivity contribution in [1.82, 2.24) is 0 Å². The van der Waals surface area contributed by atoms with Crippen molar-refractivity contribution in [2.45, 2.75) is 32.1 Å². The van der Waals surface area contributed by atoms with Gasteiger partial charge in [-0.3, -0.25) is 4.79 Å². The molecular formula is C13H15NO. The Morgan fingerprint density at radius 3 is 2.53 bits per heavy atom. The van der Waals surface area contributed by atoms with Crippen LogP contribution < -0.4 is 0 Å². The molecule has 0 unspecified atom stereocenters. The van der Waals surface area contributed by atoms with Crippen LogP contribution in [0.3, 0.4) is 0 Å². The predicted octanol–water partition coefficient (Wildman–Crippen LogP) is 3.34. The molecule has 0 saturated heterocycles. The number of Topliss-reactive ketones (excluding diaryl/α,β-unsaturated/α-hetero) is 1. The zero-order chi connectivity index (χ0) is 10.9. The molecule has 0 aliphatic heterocycles. The quantitative estimate of drug-likeness (QED) is 0.523. The highest BCUT2D eigenvalue weighted by Crippen LogP contribution is 2.08. The first-order valence-corrected chi connectivity index (χ1v) is 5.30. The number of carbonyl (C=O) groups is 1. The third-order valence-electron chi connectivity index (χ3n) is 2.29. The number of benzene rings is 1. The highest BCUT2D eigenvalue weighted by atomic mass is 16.1. The Morgan fingerprint density at radius 2 is 1.87 bits per heavy atom. The van der Waals surface area contributed by atoms with Crippen molar-refractivity contribution in [2.24, 2.45) is 0 Å². The first-order valence-electron chi connectivity index (χ1n) is 5.30. The molecule has 0 bridgehead atoms. The van der Waals surface area contributed by atoms with E-state index in [9.17, 15) is 4.79 Å². The average Bonchev–Trinajstić information content (AvgIpc) is 2.30. The number of unbranched alkanes of at least 4 members (excludes halogenated alkanes) is 3. The third-order valence-corrected chi connectivity index (χ3v) is 2.29. The third kappa shape index (κ3) is 4.42. The Labute approximate surface area is 90.5 Å². The van der Waals surface area contributed by atoms with E-state index >= 15 is 0 Å². The van der Waals surface area contributed by atoms with E-state index in [1.165, 1.54) is 0 Å². The van der Waals surface area contributed by atoms with E-state index in [-0.39, 0.29) is 5.78 Å². The van der Waals surface area contributed by atoms with Crippen molar-refractivity contribution in [2.75, 3.05) is 0 Å². The van der Waals surface area contributed by atoms with Gasteiger partial charge in [0.05, 0.1) is 6.07 Å². The molecule has 0 amide bonds. The second-order valence-electron chi connectivity index (χ2n) is 3.51. The lowest BCUT2D eigenvalue weighted by molar-refractivity contribution is 0.0979.